The molecule has 1 fully saturated rings. The minimum atomic E-state index is -0.966. The van der Waals surface area contributed by atoms with Crippen LogP contribution in [0.15, 0.2) is 36.4 Å². The van der Waals surface area contributed by atoms with Crippen molar-refractivity contribution in [2.24, 2.45) is 5.41 Å². The van der Waals surface area contributed by atoms with Crippen LogP contribution in [0, 0.1) is 19.3 Å². The van der Waals surface area contributed by atoms with Gasteiger partial charge in [0.25, 0.3) is 0 Å². The van der Waals surface area contributed by atoms with Crippen molar-refractivity contribution in [1.29, 1.82) is 0 Å². The van der Waals surface area contributed by atoms with Crippen LogP contribution in [0.4, 0.5) is 5.69 Å². The Morgan fingerprint density at radius 3 is 2.59 bits per heavy atom. The Morgan fingerprint density at radius 2 is 1.81 bits per heavy atom. The molecular formula is C21H22N2O4. The molecule has 1 heterocycles. The van der Waals surface area contributed by atoms with Gasteiger partial charge >= 0.3 is 0 Å². The monoisotopic (exact) mass is 366 g/mol. The molecule has 2 aromatic carbocycles. The van der Waals surface area contributed by atoms with E-state index in [0.717, 1.165) is 22.4 Å². The molecule has 0 spiro atoms. The van der Waals surface area contributed by atoms with E-state index in [-0.39, 0.29) is 18.6 Å². The Morgan fingerprint density at radius 1 is 1.04 bits per heavy atom. The summed E-state index contributed by atoms with van der Waals surface area (Å²) in [6.45, 7) is 4.51. The molecule has 0 saturated heterocycles. The lowest BCUT2D eigenvalue weighted by Gasteiger charge is -2.17. The highest BCUT2D eigenvalue weighted by atomic mass is 16.7. The van der Waals surface area contributed by atoms with Gasteiger partial charge in [-0.05, 0) is 61.6 Å². The molecule has 1 aliphatic carbocycles. The molecule has 2 N–H and O–H groups in total. The van der Waals surface area contributed by atoms with E-state index >= 15 is 0 Å². The standard InChI is InChI=1S/C21H22N2O4/c1-13-4-3-5-16(14(13)2)23-20(25)21(8-9-21)19(24)22-11-15-6-7-17-18(10-15)27-12-26-17/h3-7,10H,8-9,11-12H2,1-2H3,(H,22,24)(H,23,25). The van der Waals surface area contributed by atoms with Crippen LogP contribution in [-0.4, -0.2) is 18.6 Å². The van der Waals surface area contributed by atoms with Crippen LogP contribution in [-0.2, 0) is 16.1 Å². The number of hydrogen-bond acceptors (Lipinski definition) is 4. The SMILES string of the molecule is Cc1cccc(NC(=O)C2(C(=O)NCc3ccc4c(c3)OCO4)CC2)c1C. The van der Waals surface area contributed by atoms with Gasteiger partial charge in [-0.3, -0.25) is 9.59 Å². The highest BCUT2D eigenvalue weighted by Gasteiger charge is 2.56. The van der Waals surface area contributed by atoms with Crippen molar-refractivity contribution >= 4 is 17.5 Å². The third-order valence-corrected chi connectivity index (χ3v) is 5.36. The van der Waals surface area contributed by atoms with Crippen LogP contribution in [0.2, 0.25) is 0 Å². The zero-order valence-corrected chi connectivity index (χ0v) is 15.4. The van der Waals surface area contributed by atoms with Crippen molar-refractivity contribution < 1.29 is 19.1 Å². The van der Waals surface area contributed by atoms with E-state index in [1.165, 1.54) is 0 Å². The number of rotatable bonds is 5. The number of amides is 2. The largest absolute Gasteiger partial charge is 0.454 e. The third-order valence-electron chi connectivity index (χ3n) is 5.36. The van der Waals surface area contributed by atoms with E-state index in [9.17, 15) is 9.59 Å². The van der Waals surface area contributed by atoms with Crippen LogP contribution in [0.1, 0.15) is 29.5 Å². The Bertz CT molecular complexity index is 918. The smallest absolute Gasteiger partial charge is 0.240 e. The van der Waals surface area contributed by atoms with Gasteiger partial charge in [0, 0.05) is 12.2 Å². The predicted molar refractivity (Wildman–Crippen MR) is 101 cm³/mol. The van der Waals surface area contributed by atoms with Crippen molar-refractivity contribution in [2.75, 3.05) is 12.1 Å². The van der Waals surface area contributed by atoms with E-state index < -0.39 is 5.41 Å². The summed E-state index contributed by atoms with van der Waals surface area (Å²) in [7, 11) is 0. The first-order chi connectivity index (χ1) is 13.0. The normalized spacial score (nSPS) is 15.9. The van der Waals surface area contributed by atoms with Gasteiger partial charge in [-0.1, -0.05) is 18.2 Å². The maximum atomic E-state index is 12.8. The first kappa shape index (κ1) is 17.4. The zero-order valence-electron chi connectivity index (χ0n) is 15.4. The fraction of sp³-hybridized carbons (Fsp3) is 0.333. The minimum absolute atomic E-state index is 0.215. The Balaban J connectivity index is 1.40. The number of nitrogens with one attached hydrogen (secondary N) is 2. The van der Waals surface area contributed by atoms with E-state index in [0.29, 0.717) is 30.9 Å². The molecule has 27 heavy (non-hydrogen) atoms. The van der Waals surface area contributed by atoms with Crippen molar-refractivity contribution in [3.8, 4) is 11.5 Å². The first-order valence-electron chi connectivity index (χ1n) is 9.04. The second-order valence-electron chi connectivity index (χ2n) is 7.15. The predicted octanol–water partition coefficient (Wildman–Crippen LogP) is 3.07. The quantitative estimate of drug-likeness (QED) is 0.798. The Labute approximate surface area is 157 Å². The summed E-state index contributed by atoms with van der Waals surface area (Å²) in [5.41, 5.74) is 2.81. The molecule has 2 aliphatic rings. The number of aryl methyl sites for hydroxylation is 1. The lowest BCUT2D eigenvalue weighted by atomic mass is 10.0. The molecule has 0 aromatic heterocycles. The fourth-order valence-electron chi connectivity index (χ4n) is 3.21. The second kappa shape index (κ2) is 6.61. The van der Waals surface area contributed by atoms with Gasteiger partial charge in [0.1, 0.15) is 5.41 Å². The van der Waals surface area contributed by atoms with Crippen molar-refractivity contribution in [3.63, 3.8) is 0 Å². The lowest BCUT2D eigenvalue weighted by Crippen LogP contribution is -2.39. The molecule has 6 heteroatoms. The molecule has 1 saturated carbocycles. The van der Waals surface area contributed by atoms with Gasteiger partial charge in [-0.25, -0.2) is 0 Å². The fourth-order valence-corrected chi connectivity index (χ4v) is 3.21. The van der Waals surface area contributed by atoms with E-state index in [2.05, 4.69) is 10.6 Å². The molecule has 0 bridgehead atoms. The molecule has 0 unspecified atom stereocenters. The average Bonchev–Trinajstić information content (AvgIpc) is 3.35. The van der Waals surface area contributed by atoms with E-state index in [1.54, 1.807) is 0 Å². The maximum absolute atomic E-state index is 12.8. The van der Waals surface area contributed by atoms with Crippen LogP contribution in [0.5, 0.6) is 11.5 Å². The minimum Gasteiger partial charge on any atom is -0.454 e. The molecule has 2 amide bonds. The summed E-state index contributed by atoms with van der Waals surface area (Å²) < 4.78 is 10.6. The van der Waals surface area contributed by atoms with Crippen LogP contribution in [0.25, 0.3) is 0 Å². The van der Waals surface area contributed by atoms with Gasteiger partial charge in [0.15, 0.2) is 11.5 Å². The third kappa shape index (κ3) is 3.23. The number of carbonyl (C=O) groups is 2. The number of anilines is 1. The molecule has 2 aromatic rings. The van der Waals surface area contributed by atoms with E-state index in [4.69, 9.17) is 9.47 Å². The number of carbonyl (C=O) groups excluding carboxylic acids is 2. The average molecular weight is 366 g/mol. The van der Waals surface area contributed by atoms with Crippen LogP contribution < -0.4 is 20.1 Å². The van der Waals surface area contributed by atoms with Crippen LogP contribution >= 0.6 is 0 Å². The number of ether oxygens (including phenoxy) is 2. The highest BCUT2D eigenvalue weighted by Crippen LogP contribution is 2.47. The highest BCUT2D eigenvalue weighted by molar-refractivity contribution is 6.13. The molecule has 0 radical (unpaired) electrons. The van der Waals surface area contributed by atoms with Gasteiger partial charge in [0.2, 0.25) is 18.6 Å². The molecule has 140 valence electrons. The lowest BCUT2D eigenvalue weighted by molar-refractivity contribution is -0.134. The van der Waals surface area contributed by atoms with Crippen molar-refractivity contribution in [3.05, 3.63) is 53.1 Å². The van der Waals surface area contributed by atoms with Gasteiger partial charge in [-0.15, -0.1) is 0 Å². The Kier molecular flexibility index (Phi) is 4.26. The number of hydrogen-bond donors (Lipinski definition) is 2. The van der Waals surface area contributed by atoms with Gasteiger partial charge in [0.05, 0.1) is 0 Å². The summed E-state index contributed by atoms with van der Waals surface area (Å²) in [6.07, 6.45) is 1.13. The molecule has 4 rings (SSSR count). The topological polar surface area (TPSA) is 76.7 Å². The molecular weight excluding hydrogens is 344 g/mol. The van der Waals surface area contributed by atoms with Crippen LogP contribution in [0.3, 0.4) is 0 Å². The summed E-state index contributed by atoms with van der Waals surface area (Å²) in [6, 6.07) is 11.3. The summed E-state index contributed by atoms with van der Waals surface area (Å²) in [5, 5.41) is 5.82. The Hall–Kier alpha value is -3.02. The number of fused-ring (bicyclic) bond motifs is 1. The summed E-state index contributed by atoms with van der Waals surface area (Å²) in [4.78, 5) is 25.4. The molecule has 1 aliphatic heterocycles. The molecule has 0 atom stereocenters. The maximum Gasteiger partial charge on any atom is 0.240 e. The van der Waals surface area contributed by atoms with Crippen molar-refractivity contribution in [2.45, 2.75) is 33.2 Å². The second-order valence-corrected chi connectivity index (χ2v) is 7.15. The van der Waals surface area contributed by atoms with E-state index in [1.807, 2.05) is 50.2 Å². The number of benzene rings is 2. The van der Waals surface area contributed by atoms with Gasteiger partial charge < -0.3 is 20.1 Å². The van der Waals surface area contributed by atoms with Gasteiger partial charge in [-0.2, -0.15) is 0 Å². The summed E-state index contributed by atoms with van der Waals surface area (Å²) >= 11 is 0. The van der Waals surface area contributed by atoms with Crippen molar-refractivity contribution in [1.82, 2.24) is 5.32 Å². The first-order valence-corrected chi connectivity index (χ1v) is 9.04. The zero-order chi connectivity index (χ0) is 19.0. The summed E-state index contributed by atoms with van der Waals surface area (Å²) in [5.74, 6) is 0.912. The molecule has 6 nitrogen and oxygen atoms in total.